The van der Waals surface area contributed by atoms with E-state index in [1.807, 2.05) is 23.2 Å². The van der Waals surface area contributed by atoms with Gasteiger partial charge in [0, 0.05) is 38.8 Å². The van der Waals surface area contributed by atoms with Crippen molar-refractivity contribution in [3.05, 3.63) is 65.8 Å². The molecule has 0 bridgehead atoms. The summed E-state index contributed by atoms with van der Waals surface area (Å²) in [6.45, 7) is 1.06. The van der Waals surface area contributed by atoms with E-state index in [2.05, 4.69) is 0 Å². The molecule has 0 saturated carbocycles. The molecule has 2 aromatic carbocycles. The van der Waals surface area contributed by atoms with Crippen LogP contribution in [-0.2, 0) is 40.4 Å². The van der Waals surface area contributed by atoms with Crippen molar-refractivity contribution < 1.29 is 39.1 Å². The van der Waals surface area contributed by atoms with Crippen LogP contribution < -0.4 is 14.4 Å². The topological polar surface area (TPSA) is 107 Å². The van der Waals surface area contributed by atoms with Gasteiger partial charge in [-0.05, 0) is 55.7 Å². The van der Waals surface area contributed by atoms with Gasteiger partial charge in [0.25, 0.3) is 15.9 Å². The Labute approximate surface area is 255 Å². The lowest BCUT2D eigenvalue weighted by molar-refractivity contribution is -0.647. The molecule has 10 nitrogen and oxygen atoms in total. The van der Waals surface area contributed by atoms with Crippen LogP contribution in [0.5, 0.6) is 0 Å². The molecule has 1 fully saturated rings. The molecule has 0 amide bonds. The van der Waals surface area contributed by atoms with Gasteiger partial charge in [0.1, 0.15) is 5.82 Å². The summed E-state index contributed by atoms with van der Waals surface area (Å²) in [7, 11) is -2.49. The SMILES string of the molecule is CN1/C(=C\C=C\c2n(C)c3cc(S(=O)(=O)N4CCCCC4)ccc3[n+]2C)N(CCCS(=O)(=O)O)c2cc(C(F)(F)F)ccc21. The molecule has 0 spiro atoms. The second-order valence-electron chi connectivity index (χ2n) is 11.0. The number of hydrogen-bond donors (Lipinski definition) is 1. The Morgan fingerprint density at radius 3 is 2.34 bits per heavy atom. The van der Waals surface area contributed by atoms with E-state index < -0.39 is 37.6 Å². The molecule has 1 saturated heterocycles. The molecule has 1 N–H and O–H groups in total. The normalized spacial score (nSPS) is 17.8. The summed E-state index contributed by atoms with van der Waals surface area (Å²) >= 11 is 0. The number of anilines is 2. The predicted molar refractivity (Wildman–Crippen MR) is 162 cm³/mol. The van der Waals surface area contributed by atoms with E-state index in [4.69, 9.17) is 0 Å². The number of benzene rings is 2. The van der Waals surface area contributed by atoms with Gasteiger partial charge in [0.2, 0.25) is 10.0 Å². The van der Waals surface area contributed by atoms with Crippen LogP contribution in [-0.4, -0.2) is 62.7 Å². The van der Waals surface area contributed by atoms with Crippen LogP contribution in [0.4, 0.5) is 24.5 Å². The van der Waals surface area contributed by atoms with Crippen molar-refractivity contribution in [1.29, 1.82) is 0 Å². The minimum absolute atomic E-state index is 0.00968. The Morgan fingerprint density at radius 2 is 1.68 bits per heavy atom. The first kappa shape index (κ1) is 32.0. The van der Waals surface area contributed by atoms with Gasteiger partial charge >= 0.3 is 6.18 Å². The van der Waals surface area contributed by atoms with E-state index in [0.717, 1.165) is 48.3 Å². The lowest BCUT2D eigenvalue weighted by atomic mass is 10.1. The van der Waals surface area contributed by atoms with Crippen LogP contribution in [0.15, 0.2) is 59.3 Å². The average Bonchev–Trinajstić information content (AvgIpc) is 3.37. The summed E-state index contributed by atoms with van der Waals surface area (Å²) in [6, 6.07) is 8.47. The zero-order valence-corrected chi connectivity index (χ0v) is 26.3. The fourth-order valence-corrected chi connectivity index (χ4v) is 7.89. The fourth-order valence-electron chi connectivity index (χ4n) is 5.86. The summed E-state index contributed by atoms with van der Waals surface area (Å²) in [5, 5.41) is 0. The zero-order chi connectivity index (χ0) is 32.0. The summed E-state index contributed by atoms with van der Waals surface area (Å²) in [6.07, 6.45) is 3.38. The van der Waals surface area contributed by atoms with Crippen LogP contribution in [0.1, 0.15) is 37.1 Å². The number of aryl methyl sites for hydroxylation is 2. The molecule has 1 aromatic heterocycles. The van der Waals surface area contributed by atoms with E-state index >= 15 is 0 Å². The largest absolute Gasteiger partial charge is 0.416 e. The van der Waals surface area contributed by atoms with E-state index in [1.54, 1.807) is 53.3 Å². The molecule has 0 unspecified atom stereocenters. The summed E-state index contributed by atoms with van der Waals surface area (Å²) < 4.78 is 104. The lowest BCUT2D eigenvalue weighted by Gasteiger charge is -2.25. The minimum Gasteiger partial charge on any atom is -0.329 e. The van der Waals surface area contributed by atoms with E-state index in [1.165, 1.54) is 10.4 Å². The third-order valence-electron chi connectivity index (χ3n) is 8.16. The van der Waals surface area contributed by atoms with E-state index in [0.29, 0.717) is 24.6 Å². The maximum atomic E-state index is 13.5. The second kappa shape index (κ2) is 11.8. The number of allylic oxidation sites excluding steroid dienone is 2. The molecule has 5 rings (SSSR count). The molecule has 0 atom stereocenters. The zero-order valence-electron chi connectivity index (χ0n) is 24.6. The number of fused-ring (bicyclic) bond motifs is 2. The molecule has 0 aliphatic carbocycles. The van der Waals surface area contributed by atoms with Gasteiger partial charge in [-0.15, -0.1) is 0 Å². The monoisotopic (exact) mass is 654 g/mol. The Bertz CT molecular complexity index is 1860. The first-order valence-corrected chi connectivity index (χ1v) is 17.2. The number of sulfonamides is 1. The quantitative estimate of drug-likeness (QED) is 0.286. The number of rotatable bonds is 8. The van der Waals surface area contributed by atoms with E-state index in [9.17, 15) is 34.6 Å². The molecular formula is C29H35F3N5O5S2+. The molecule has 2 aliphatic heterocycles. The van der Waals surface area contributed by atoms with Crippen LogP contribution in [0.3, 0.4) is 0 Å². The maximum absolute atomic E-state index is 13.5. The maximum Gasteiger partial charge on any atom is 0.416 e. The van der Waals surface area contributed by atoms with Crippen molar-refractivity contribution in [2.45, 2.75) is 36.8 Å². The summed E-state index contributed by atoms with van der Waals surface area (Å²) in [4.78, 5) is 3.54. The van der Waals surface area contributed by atoms with Crippen LogP contribution in [0.25, 0.3) is 17.1 Å². The first-order chi connectivity index (χ1) is 20.6. The van der Waals surface area contributed by atoms with Gasteiger partial charge in [-0.3, -0.25) is 4.55 Å². The number of nitrogens with zero attached hydrogens (tertiary/aromatic N) is 5. The molecule has 3 aromatic rings. The van der Waals surface area contributed by atoms with Gasteiger partial charge in [-0.1, -0.05) is 12.5 Å². The van der Waals surface area contributed by atoms with Gasteiger partial charge in [-0.25, -0.2) is 17.6 Å². The smallest absolute Gasteiger partial charge is 0.329 e. The lowest BCUT2D eigenvalue weighted by Crippen LogP contribution is -2.35. The standard InChI is InChI=1S/C29H34F3N5O5S2/c1-33-23-14-12-22(44(41,42)36-15-5-4-6-16-36)20-25(23)35(3)27(33)9-7-10-28-34(2)24-13-11-21(29(30,31)32)19-26(24)37(28)17-8-18-43(38,39)40/h7,9-14,19-20H,4-6,8,15-18H2,1-3H3/p+1. The van der Waals surface area contributed by atoms with Gasteiger partial charge in [0.15, 0.2) is 11.0 Å². The number of aromatic nitrogens is 2. The molecular weight excluding hydrogens is 619 g/mol. The van der Waals surface area contributed by atoms with Gasteiger partial charge in [-0.2, -0.15) is 25.9 Å². The van der Waals surface area contributed by atoms with Crippen molar-refractivity contribution >= 4 is 48.6 Å². The van der Waals surface area contributed by atoms with Crippen molar-refractivity contribution in [2.75, 3.05) is 42.2 Å². The summed E-state index contributed by atoms with van der Waals surface area (Å²) in [5.41, 5.74) is 1.49. The number of alkyl halides is 3. The third-order valence-corrected chi connectivity index (χ3v) is 10.9. The fraction of sp³-hybridized carbons (Fsp3) is 0.414. The highest BCUT2D eigenvalue weighted by molar-refractivity contribution is 7.89. The highest BCUT2D eigenvalue weighted by Gasteiger charge is 2.35. The molecule has 0 radical (unpaired) electrons. The predicted octanol–water partition coefficient (Wildman–Crippen LogP) is 4.29. The Balaban J connectivity index is 1.48. The number of hydrogen-bond acceptors (Lipinski definition) is 6. The highest BCUT2D eigenvalue weighted by Crippen LogP contribution is 2.44. The van der Waals surface area contributed by atoms with Crippen molar-refractivity contribution in [3.63, 3.8) is 0 Å². The number of halogens is 3. The number of imidazole rings is 1. The summed E-state index contributed by atoms with van der Waals surface area (Å²) in [5.74, 6) is 0.716. The highest BCUT2D eigenvalue weighted by atomic mass is 32.2. The molecule has 2 aliphatic rings. The molecule has 3 heterocycles. The van der Waals surface area contributed by atoms with Gasteiger partial charge < -0.3 is 9.80 Å². The van der Waals surface area contributed by atoms with E-state index in [-0.39, 0.29) is 23.5 Å². The van der Waals surface area contributed by atoms with Crippen molar-refractivity contribution in [1.82, 2.24) is 8.87 Å². The average molecular weight is 655 g/mol. The Kier molecular flexibility index (Phi) is 8.61. The Hall–Kier alpha value is -3.40. The van der Waals surface area contributed by atoms with Crippen LogP contribution in [0, 0.1) is 0 Å². The third kappa shape index (κ3) is 6.23. The molecule has 15 heteroatoms. The van der Waals surface area contributed by atoms with Crippen molar-refractivity contribution in [2.24, 2.45) is 14.1 Å². The number of piperidine rings is 1. The van der Waals surface area contributed by atoms with Crippen LogP contribution in [0.2, 0.25) is 0 Å². The second-order valence-corrected chi connectivity index (χ2v) is 14.5. The van der Waals surface area contributed by atoms with Crippen molar-refractivity contribution in [3.8, 4) is 0 Å². The van der Waals surface area contributed by atoms with Gasteiger partial charge in [0.05, 0.1) is 41.7 Å². The Morgan fingerprint density at radius 1 is 0.977 bits per heavy atom. The van der Waals surface area contributed by atoms with Crippen LogP contribution >= 0.6 is 0 Å². The molecule has 44 heavy (non-hydrogen) atoms. The minimum atomic E-state index is -4.56. The molecule has 238 valence electrons. The first-order valence-electron chi connectivity index (χ1n) is 14.1.